The number of rotatable bonds is 4. The number of aliphatic carboxylic acids is 1. The van der Waals surface area contributed by atoms with Crippen LogP contribution in [0.5, 0.6) is 0 Å². The molecule has 1 aliphatic heterocycles. The van der Waals surface area contributed by atoms with Crippen LogP contribution in [-0.4, -0.2) is 40.9 Å². The molecule has 1 saturated carbocycles. The predicted molar refractivity (Wildman–Crippen MR) is 88.7 cm³/mol. The van der Waals surface area contributed by atoms with E-state index in [0.717, 1.165) is 25.9 Å². The lowest BCUT2D eigenvalue weighted by Gasteiger charge is -2.20. The molecule has 0 spiro atoms. The number of likely N-dealkylation sites (tertiary alicyclic amines) is 1. The van der Waals surface area contributed by atoms with Gasteiger partial charge < -0.3 is 15.3 Å². The van der Waals surface area contributed by atoms with Crippen LogP contribution in [0.15, 0.2) is 24.3 Å². The second-order valence-corrected chi connectivity index (χ2v) is 6.63. The molecule has 1 aromatic carbocycles. The standard InChI is InChI=1S/C18H22N2O4/c21-15(20-11-3-1-2-4-12-20)13-5-7-14(8-6-13)19-16(22)18(9-10-18)17(23)24/h5-8H,1-4,9-12H2,(H,19,22)(H,23,24). The van der Waals surface area contributed by atoms with Crippen molar-refractivity contribution in [2.24, 2.45) is 5.41 Å². The van der Waals surface area contributed by atoms with Gasteiger partial charge in [0.1, 0.15) is 5.41 Å². The summed E-state index contributed by atoms with van der Waals surface area (Å²) in [5, 5.41) is 11.8. The monoisotopic (exact) mass is 330 g/mol. The van der Waals surface area contributed by atoms with Crippen LogP contribution in [0.1, 0.15) is 48.9 Å². The van der Waals surface area contributed by atoms with E-state index < -0.39 is 17.3 Å². The van der Waals surface area contributed by atoms with E-state index in [1.54, 1.807) is 24.3 Å². The number of nitrogens with zero attached hydrogens (tertiary/aromatic N) is 1. The highest BCUT2D eigenvalue weighted by Gasteiger charge is 2.57. The van der Waals surface area contributed by atoms with Crippen LogP contribution < -0.4 is 5.32 Å². The van der Waals surface area contributed by atoms with Gasteiger partial charge in [0.15, 0.2) is 0 Å². The second kappa shape index (κ2) is 6.63. The topological polar surface area (TPSA) is 86.7 Å². The Bertz CT molecular complexity index is 641. The highest BCUT2D eigenvalue weighted by molar-refractivity contribution is 6.10. The normalized spacial score (nSPS) is 19.2. The molecule has 24 heavy (non-hydrogen) atoms. The van der Waals surface area contributed by atoms with Gasteiger partial charge in [-0.2, -0.15) is 0 Å². The van der Waals surface area contributed by atoms with Crippen molar-refractivity contribution in [2.75, 3.05) is 18.4 Å². The molecule has 0 atom stereocenters. The van der Waals surface area contributed by atoms with Crippen LogP contribution in [0.4, 0.5) is 5.69 Å². The minimum absolute atomic E-state index is 0.0129. The molecule has 1 saturated heterocycles. The molecular weight excluding hydrogens is 308 g/mol. The predicted octanol–water partition coefficient (Wildman–Crippen LogP) is 2.51. The van der Waals surface area contributed by atoms with Crippen molar-refractivity contribution in [1.82, 2.24) is 4.90 Å². The summed E-state index contributed by atoms with van der Waals surface area (Å²) >= 11 is 0. The van der Waals surface area contributed by atoms with Crippen molar-refractivity contribution in [3.8, 4) is 0 Å². The van der Waals surface area contributed by atoms with E-state index in [2.05, 4.69) is 5.32 Å². The summed E-state index contributed by atoms with van der Waals surface area (Å²) in [6.45, 7) is 1.58. The molecule has 0 unspecified atom stereocenters. The van der Waals surface area contributed by atoms with E-state index in [4.69, 9.17) is 5.11 Å². The summed E-state index contributed by atoms with van der Waals surface area (Å²) in [4.78, 5) is 37.6. The van der Waals surface area contributed by atoms with Crippen molar-refractivity contribution in [2.45, 2.75) is 38.5 Å². The quantitative estimate of drug-likeness (QED) is 0.831. The molecule has 6 heteroatoms. The Hall–Kier alpha value is -2.37. The van der Waals surface area contributed by atoms with E-state index in [1.807, 2.05) is 4.90 Å². The Morgan fingerprint density at radius 1 is 0.958 bits per heavy atom. The van der Waals surface area contributed by atoms with Crippen molar-refractivity contribution in [3.63, 3.8) is 0 Å². The van der Waals surface area contributed by atoms with Crippen molar-refractivity contribution >= 4 is 23.5 Å². The molecule has 6 nitrogen and oxygen atoms in total. The van der Waals surface area contributed by atoms with E-state index in [0.29, 0.717) is 24.1 Å². The number of carbonyl (C=O) groups is 3. The number of nitrogens with one attached hydrogen (secondary N) is 1. The summed E-state index contributed by atoms with van der Waals surface area (Å²) in [6.07, 6.45) is 5.16. The number of amides is 2. The lowest BCUT2D eigenvalue weighted by molar-refractivity contribution is -0.147. The Kier molecular flexibility index (Phi) is 4.55. The molecule has 0 aromatic heterocycles. The number of hydrogen-bond donors (Lipinski definition) is 2. The first-order valence-corrected chi connectivity index (χ1v) is 8.47. The summed E-state index contributed by atoms with van der Waals surface area (Å²) in [7, 11) is 0. The number of hydrogen-bond acceptors (Lipinski definition) is 3. The maximum Gasteiger partial charge on any atom is 0.319 e. The Morgan fingerprint density at radius 3 is 2.04 bits per heavy atom. The van der Waals surface area contributed by atoms with Crippen LogP contribution in [0.2, 0.25) is 0 Å². The third-order valence-corrected chi connectivity index (χ3v) is 4.88. The second-order valence-electron chi connectivity index (χ2n) is 6.63. The SMILES string of the molecule is O=C(c1ccc(NC(=O)C2(C(=O)O)CC2)cc1)N1CCCCCC1. The largest absolute Gasteiger partial charge is 0.480 e. The minimum atomic E-state index is -1.26. The fraction of sp³-hybridized carbons (Fsp3) is 0.500. The molecule has 2 aliphatic rings. The van der Waals surface area contributed by atoms with Gasteiger partial charge in [-0.1, -0.05) is 12.8 Å². The maximum absolute atomic E-state index is 12.5. The van der Waals surface area contributed by atoms with Gasteiger partial charge in [-0.15, -0.1) is 0 Å². The van der Waals surface area contributed by atoms with Gasteiger partial charge in [0, 0.05) is 24.3 Å². The van der Waals surface area contributed by atoms with Crippen molar-refractivity contribution in [1.29, 1.82) is 0 Å². The molecule has 0 bridgehead atoms. The summed E-state index contributed by atoms with van der Waals surface area (Å²) < 4.78 is 0. The zero-order valence-electron chi connectivity index (χ0n) is 13.6. The van der Waals surface area contributed by atoms with Gasteiger partial charge >= 0.3 is 5.97 Å². The third kappa shape index (κ3) is 3.27. The number of benzene rings is 1. The lowest BCUT2D eigenvalue weighted by Crippen LogP contribution is -2.32. The summed E-state index contributed by atoms with van der Waals surface area (Å²) in [5.41, 5.74) is -0.158. The molecule has 2 amide bonds. The molecular formula is C18H22N2O4. The first-order chi connectivity index (χ1) is 11.5. The maximum atomic E-state index is 12.5. The van der Waals surface area contributed by atoms with Gasteiger partial charge in [-0.3, -0.25) is 14.4 Å². The number of carboxylic acids is 1. The van der Waals surface area contributed by atoms with Gasteiger partial charge in [0.05, 0.1) is 0 Å². The van der Waals surface area contributed by atoms with Crippen LogP contribution >= 0.6 is 0 Å². The Labute approximate surface area is 140 Å². The smallest absolute Gasteiger partial charge is 0.319 e. The summed E-state index contributed by atoms with van der Waals surface area (Å²) in [5.74, 6) is -1.55. The van der Waals surface area contributed by atoms with E-state index in [9.17, 15) is 14.4 Å². The molecule has 1 heterocycles. The zero-order chi connectivity index (χ0) is 17.2. The van der Waals surface area contributed by atoms with Crippen molar-refractivity contribution < 1.29 is 19.5 Å². The van der Waals surface area contributed by atoms with Gasteiger partial charge in [-0.25, -0.2) is 0 Å². The molecule has 128 valence electrons. The number of carboxylic acid groups (broad SMARTS) is 1. The van der Waals surface area contributed by atoms with Crippen molar-refractivity contribution in [3.05, 3.63) is 29.8 Å². The highest BCUT2D eigenvalue weighted by Crippen LogP contribution is 2.46. The van der Waals surface area contributed by atoms with E-state index >= 15 is 0 Å². The molecule has 2 N–H and O–H groups in total. The van der Waals surface area contributed by atoms with Crippen LogP contribution in [0.3, 0.4) is 0 Å². The van der Waals surface area contributed by atoms with Crippen LogP contribution in [0.25, 0.3) is 0 Å². The molecule has 3 rings (SSSR count). The average Bonchev–Trinajstić information content (AvgIpc) is 3.39. The first-order valence-electron chi connectivity index (χ1n) is 8.47. The Morgan fingerprint density at radius 2 is 1.54 bits per heavy atom. The fourth-order valence-electron chi connectivity index (χ4n) is 3.07. The van der Waals surface area contributed by atoms with E-state index in [1.165, 1.54) is 12.8 Å². The van der Waals surface area contributed by atoms with Crippen LogP contribution in [-0.2, 0) is 9.59 Å². The van der Waals surface area contributed by atoms with Gasteiger partial charge in [-0.05, 0) is 49.9 Å². The molecule has 1 aromatic rings. The minimum Gasteiger partial charge on any atom is -0.480 e. The molecule has 2 fully saturated rings. The highest BCUT2D eigenvalue weighted by atomic mass is 16.4. The molecule has 1 aliphatic carbocycles. The molecule has 0 radical (unpaired) electrons. The summed E-state index contributed by atoms with van der Waals surface area (Å²) in [6, 6.07) is 6.67. The van der Waals surface area contributed by atoms with Gasteiger partial charge in [0.2, 0.25) is 5.91 Å². The number of carbonyl (C=O) groups excluding carboxylic acids is 2. The first kappa shape index (κ1) is 16.5. The Balaban J connectivity index is 1.64. The van der Waals surface area contributed by atoms with E-state index in [-0.39, 0.29) is 5.91 Å². The average molecular weight is 330 g/mol. The lowest BCUT2D eigenvalue weighted by atomic mass is 10.1. The third-order valence-electron chi connectivity index (χ3n) is 4.88. The fourth-order valence-corrected chi connectivity index (χ4v) is 3.07. The number of anilines is 1. The van der Waals surface area contributed by atoms with Crippen LogP contribution in [0, 0.1) is 5.41 Å². The zero-order valence-corrected chi connectivity index (χ0v) is 13.6. The van der Waals surface area contributed by atoms with Gasteiger partial charge in [0.25, 0.3) is 5.91 Å².